The third-order valence-corrected chi connectivity index (χ3v) is 16.5. The molecular formula is C68H133N2O6P. The number of carbonyl (C=O) groups excluding carboxylic acids is 1. The third-order valence-electron chi connectivity index (χ3n) is 15.6. The van der Waals surface area contributed by atoms with Crippen molar-refractivity contribution < 1.29 is 32.9 Å². The molecule has 3 atom stereocenters. The number of unbranched alkanes of at least 4 members (excludes halogenated alkanes) is 46. The number of phosphoric acid groups is 1. The molecule has 0 saturated carbocycles. The van der Waals surface area contributed by atoms with Crippen molar-refractivity contribution in [3.05, 3.63) is 36.5 Å². The fourth-order valence-electron chi connectivity index (χ4n) is 10.3. The molecule has 0 aromatic heterocycles. The molecule has 0 saturated heterocycles. The lowest BCUT2D eigenvalue weighted by Gasteiger charge is -2.29. The zero-order valence-corrected chi connectivity index (χ0v) is 53.1. The third kappa shape index (κ3) is 62.2. The lowest BCUT2D eigenvalue weighted by molar-refractivity contribution is -0.870. The number of amides is 1. The van der Waals surface area contributed by atoms with Gasteiger partial charge in [0.05, 0.1) is 39.9 Å². The Kier molecular flexibility index (Phi) is 58.4. The van der Waals surface area contributed by atoms with Gasteiger partial charge in [-0.3, -0.25) is 9.36 Å². The van der Waals surface area contributed by atoms with Crippen LogP contribution in [0.2, 0.25) is 0 Å². The first-order valence-corrected chi connectivity index (χ1v) is 35.3. The molecule has 0 fully saturated rings. The van der Waals surface area contributed by atoms with E-state index in [1.54, 1.807) is 6.08 Å². The van der Waals surface area contributed by atoms with Gasteiger partial charge in [-0.15, -0.1) is 0 Å². The molecule has 0 aliphatic heterocycles. The van der Waals surface area contributed by atoms with Crippen molar-refractivity contribution in [2.75, 3.05) is 40.9 Å². The second kappa shape index (κ2) is 59.3. The quantitative estimate of drug-likeness (QED) is 0.0272. The van der Waals surface area contributed by atoms with Gasteiger partial charge in [0.25, 0.3) is 7.82 Å². The summed E-state index contributed by atoms with van der Waals surface area (Å²) in [6, 6.07) is -0.902. The van der Waals surface area contributed by atoms with E-state index < -0.39 is 20.0 Å². The minimum absolute atomic E-state index is 0.00494. The summed E-state index contributed by atoms with van der Waals surface area (Å²) in [7, 11) is 1.26. The highest BCUT2D eigenvalue weighted by atomic mass is 31.2. The maximum absolute atomic E-state index is 13.0. The number of hydrogen-bond acceptors (Lipinski definition) is 6. The highest BCUT2D eigenvalue weighted by Crippen LogP contribution is 2.38. The minimum Gasteiger partial charge on any atom is -0.756 e. The van der Waals surface area contributed by atoms with E-state index in [-0.39, 0.29) is 19.1 Å². The molecule has 0 heterocycles. The summed E-state index contributed by atoms with van der Waals surface area (Å²) in [5, 5.41) is 13.9. The second-order valence-corrected chi connectivity index (χ2v) is 25.9. The number of likely N-dealkylation sites (N-methyl/N-ethyl adjacent to an activating group) is 1. The van der Waals surface area contributed by atoms with Crippen molar-refractivity contribution in [3.8, 4) is 0 Å². The monoisotopic (exact) mass is 1100 g/mol. The zero-order valence-electron chi connectivity index (χ0n) is 52.2. The second-order valence-electron chi connectivity index (χ2n) is 24.5. The molecule has 3 unspecified atom stereocenters. The molecule has 2 N–H and O–H groups in total. The van der Waals surface area contributed by atoms with E-state index in [2.05, 4.69) is 43.5 Å². The summed E-state index contributed by atoms with van der Waals surface area (Å²) in [5.74, 6) is -0.202. The summed E-state index contributed by atoms with van der Waals surface area (Å²) < 4.78 is 23.4. The number of nitrogens with one attached hydrogen (secondary N) is 1. The summed E-state index contributed by atoms with van der Waals surface area (Å²) in [4.78, 5) is 25.5. The van der Waals surface area contributed by atoms with Crippen LogP contribution in [0.4, 0.5) is 0 Å². The fraction of sp³-hybridized carbons (Fsp3) is 0.897. The Morgan fingerprint density at radius 3 is 1.05 bits per heavy atom. The topological polar surface area (TPSA) is 108 Å². The molecule has 0 aromatic rings. The summed E-state index contributed by atoms with van der Waals surface area (Å²) >= 11 is 0. The van der Waals surface area contributed by atoms with Crippen molar-refractivity contribution in [1.82, 2.24) is 5.32 Å². The van der Waals surface area contributed by atoms with E-state index in [1.807, 2.05) is 27.2 Å². The normalized spacial score (nSPS) is 13.9. The molecule has 0 aromatic carbocycles. The number of nitrogens with zero attached hydrogens (tertiary/aromatic N) is 1. The van der Waals surface area contributed by atoms with E-state index in [0.29, 0.717) is 17.4 Å². The highest BCUT2D eigenvalue weighted by Gasteiger charge is 2.23. The molecular weight excluding hydrogens is 972 g/mol. The van der Waals surface area contributed by atoms with Crippen molar-refractivity contribution in [2.45, 2.75) is 353 Å². The van der Waals surface area contributed by atoms with Gasteiger partial charge >= 0.3 is 0 Å². The number of hydrogen-bond donors (Lipinski definition) is 2. The van der Waals surface area contributed by atoms with Crippen molar-refractivity contribution in [1.29, 1.82) is 0 Å². The molecule has 0 radical (unpaired) electrons. The van der Waals surface area contributed by atoms with Gasteiger partial charge in [0.1, 0.15) is 13.2 Å². The zero-order chi connectivity index (χ0) is 56.3. The van der Waals surface area contributed by atoms with Gasteiger partial charge in [-0.25, -0.2) is 0 Å². The van der Waals surface area contributed by atoms with Crippen molar-refractivity contribution in [2.24, 2.45) is 0 Å². The predicted octanol–water partition coefficient (Wildman–Crippen LogP) is 20.6. The van der Waals surface area contributed by atoms with E-state index >= 15 is 0 Å². The fourth-order valence-corrected chi connectivity index (χ4v) is 11.0. The van der Waals surface area contributed by atoms with Gasteiger partial charge in [-0.05, 0) is 57.8 Å². The van der Waals surface area contributed by atoms with Crippen molar-refractivity contribution in [3.63, 3.8) is 0 Å². The Hall–Kier alpha value is -1.28. The van der Waals surface area contributed by atoms with Gasteiger partial charge < -0.3 is 28.8 Å². The van der Waals surface area contributed by atoms with Crippen LogP contribution in [0.25, 0.3) is 0 Å². The van der Waals surface area contributed by atoms with Crippen LogP contribution in [0.5, 0.6) is 0 Å². The van der Waals surface area contributed by atoms with E-state index in [0.717, 1.165) is 38.5 Å². The molecule has 0 aliphatic rings. The maximum Gasteiger partial charge on any atom is 0.268 e. The molecule has 456 valence electrons. The summed E-state index contributed by atoms with van der Waals surface area (Å²) in [6.07, 6.45) is 78.6. The predicted molar refractivity (Wildman–Crippen MR) is 335 cm³/mol. The van der Waals surface area contributed by atoms with Gasteiger partial charge in [0, 0.05) is 6.42 Å². The molecule has 8 nitrogen and oxygen atoms in total. The smallest absolute Gasteiger partial charge is 0.268 e. The molecule has 0 aliphatic carbocycles. The summed E-state index contributed by atoms with van der Waals surface area (Å²) in [5.41, 5.74) is 0. The SMILES string of the molecule is CCCCCCCCCCCC/C=C/CC/C=C/C(O)C(COP(=O)([O-])OCC[N+](C)(C)C)NC(=O)CCCCCCCCCCCCCCCCCCC/C=C\CCCCCCCCCCCCCCCCCCCC. The number of quaternary nitrogens is 1. The van der Waals surface area contributed by atoms with Crippen LogP contribution >= 0.6 is 7.82 Å². The van der Waals surface area contributed by atoms with E-state index in [9.17, 15) is 19.4 Å². The Balaban J connectivity index is 3.92. The van der Waals surface area contributed by atoms with Crippen LogP contribution in [-0.4, -0.2) is 68.5 Å². The number of aliphatic hydroxyl groups is 1. The first-order chi connectivity index (χ1) is 37.5. The number of phosphoric ester groups is 1. The van der Waals surface area contributed by atoms with Gasteiger partial charge in [-0.1, -0.05) is 314 Å². The highest BCUT2D eigenvalue weighted by molar-refractivity contribution is 7.45. The number of allylic oxidation sites excluding steroid dienone is 5. The lowest BCUT2D eigenvalue weighted by Crippen LogP contribution is -2.45. The number of aliphatic hydroxyl groups excluding tert-OH is 1. The average molecular weight is 1110 g/mol. The molecule has 9 heteroatoms. The van der Waals surface area contributed by atoms with E-state index in [1.165, 1.54) is 283 Å². The molecule has 0 bridgehead atoms. The molecule has 0 rings (SSSR count). The first-order valence-electron chi connectivity index (χ1n) is 33.9. The maximum atomic E-state index is 13.0. The van der Waals surface area contributed by atoms with Gasteiger partial charge in [-0.2, -0.15) is 0 Å². The van der Waals surface area contributed by atoms with Gasteiger partial charge in [0.15, 0.2) is 0 Å². The Morgan fingerprint density at radius 2 is 0.727 bits per heavy atom. The largest absolute Gasteiger partial charge is 0.756 e. The number of rotatable bonds is 63. The Morgan fingerprint density at radius 1 is 0.442 bits per heavy atom. The Labute approximate surface area is 480 Å². The number of carbonyl (C=O) groups is 1. The standard InChI is InChI=1S/C68H133N2O6P/c1-6-8-10-12-14-16-18-20-22-24-25-26-27-28-29-30-31-32-33-34-35-36-37-38-39-40-41-42-43-44-45-46-48-50-52-54-56-58-60-62-68(72)69-66(65-76-77(73,74)75-64-63-70(3,4)5)67(71)61-59-57-55-53-51-49-47-23-21-19-17-15-13-11-9-7-2/h34-35,51,53,59,61,66-67,71H,6-33,36-50,52,54-58,60,62-65H2,1-5H3,(H-,69,72,73,74)/b35-34-,53-51+,61-59+. The Bertz CT molecular complexity index is 1350. The molecule has 1 amide bonds. The van der Waals surface area contributed by atoms with Crippen molar-refractivity contribution >= 4 is 13.7 Å². The minimum atomic E-state index is -4.60. The van der Waals surface area contributed by atoms with Crippen LogP contribution < -0.4 is 10.2 Å². The van der Waals surface area contributed by atoms with Crippen LogP contribution in [0.3, 0.4) is 0 Å². The average Bonchev–Trinajstić information content (AvgIpc) is 3.39. The molecule has 77 heavy (non-hydrogen) atoms. The van der Waals surface area contributed by atoms with E-state index in [4.69, 9.17) is 9.05 Å². The van der Waals surface area contributed by atoms with Crippen LogP contribution in [-0.2, 0) is 18.4 Å². The van der Waals surface area contributed by atoms with Crippen LogP contribution in [0.15, 0.2) is 36.5 Å². The first kappa shape index (κ1) is 75.7. The lowest BCUT2D eigenvalue weighted by atomic mass is 10.0. The summed E-state index contributed by atoms with van der Waals surface area (Å²) in [6.45, 7) is 4.67. The van der Waals surface area contributed by atoms with Gasteiger partial charge in [0.2, 0.25) is 5.91 Å². The van der Waals surface area contributed by atoms with Crippen LogP contribution in [0.1, 0.15) is 341 Å². The molecule has 0 spiro atoms. The van der Waals surface area contributed by atoms with Crippen LogP contribution in [0, 0.1) is 0 Å².